The Kier molecular flexibility index (Phi) is 6.39. The van der Waals surface area contributed by atoms with E-state index in [9.17, 15) is 18.0 Å². The van der Waals surface area contributed by atoms with Crippen molar-refractivity contribution in [2.75, 3.05) is 19.4 Å². The predicted octanol–water partition coefficient (Wildman–Crippen LogP) is 1.61. The standard InChI is InChI=1S/C15H18N4O4S3/c1-9(14(21)18-15-11(13(16)20)6-7-24-15)25-12-5-4-10(8-17-12)26(22,23)19(2)3/h4-9H,1-3H3,(H2,16,20)(H,18,21)/t9-/m0/s1. The number of aromatic nitrogens is 1. The van der Waals surface area contributed by atoms with E-state index < -0.39 is 21.2 Å². The number of pyridine rings is 1. The zero-order chi connectivity index (χ0) is 19.5. The number of anilines is 1. The summed E-state index contributed by atoms with van der Waals surface area (Å²) in [5.74, 6) is -0.923. The van der Waals surface area contributed by atoms with Gasteiger partial charge in [-0.25, -0.2) is 17.7 Å². The number of nitrogens with two attached hydrogens (primary N) is 1. The van der Waals surface area contributed by atoms with Gasteiger partial charge in [-0.15, -0.1) is 11.3 Å². The number of amides is 2. The number of nitrogens with zero attached hydrogens (tertiary/aromatic N) is 2. The van der Waals surface area contributed by atoms with E-state index in [1.165, 1.54) is 49.5 Å². The van der Waals surface area contributed by atoms with Crippen LogP contribution in [0, 0.1) is 0 Å². The van der Waals surface area contributed by atoms with Gasteiger partial charge >= 0.3 is 0 Å². The van der Waals surface area contributed by atoms with Crippen LogP contribution < -0.4 is 11.1 Å². The molecule has 3 N–H and O–H groups in total. The highest BCUT2D eigenvalue weighted by Crippen LogP contribution is 2.26. The van der Waals surface area contributed by atoms with E-state index in [-0.39, 0.29) is 16.4 Å². The molecule has 2 aromatic rings. The van der Waals surface area contributed by atoms with Gasteiger partial charge < -0.3 is 11.1 Å². The molecule has 0 aromatic carbocycles. The molecule has 1 atom stereocenters. The van der Waals surface area contributed by atoms with Gasteiger partial charge in [0, 0.05) is 20.3 Å². The van der Waals surface area contributed by atoms with Crippen LogP contribution in [0.5, 0.6) is 0 Å². The first-order valence-electron chi connectivity index (χ1n) is 7.36. The van der Waals surface area contributed by atoms with Crippen molar-refractivity contribution < 1.29 is 18.0 Å². The molecule has 0 unspecified atom stereocenters. The topological polar surface area (TPSA) is 122 Å². The molecule has 0 saturated carbocycles. The number of sulfonamides is 1. The molecule has 2 aromatic heterocycles. The third-order valence-electron chi connectivity index (χ3n) is 3.32. The molecule has 0 aliphatic carbocycles. The lowest BCUT2D eigenvalue weighted by Crippen LogP contribution is -2.24. The van der Waals surface area contributed by atoms with Crippen molar-refractivity contribution in [3.8, 4) is 0 Å². The number of thioether (sulfide) groups is 1. The fourth-order valence-corrected chi connectivity index (χ4v) is 4.28. The number of thiophene rings is 1. The third kappa shape index (κ3) is 4.61. The summed E-state index contributed by atoms with van der Waals surface area (Å²) < 4.78 is 25.1. The van der Waals surface area contributed by atoms with Crippen LogP contribution in [0.3, 0.4) is 0 Å². The lowest BCUT2D eigenvalue weighted by atomic mass is 10.3. The minimum atomic E-state index is -3.55. The van der Waals surface area contributed by atoms with Gasteiger partial charge in [0.1, 0.15) is 9.90 Å². The van der Waals surface area contributed by atoms with Crippen molar-refractivity contribution in [3.05, 3.63) is 35.3 Å². The fraction of sp³-hybridized carbons (Fsp3) is 0.267. The van der Waals surface area contributed by atoms with Gasteiger partial charge in [0.25, 0.3) is 5.91 Å². The van der Waals surface area contributed by atoms with E-state index in [0.29, 0.717) is 10.0 Å². The van der Waals surface area contributed by atoms with Crippen LogP contribution in [0.2, 0.25) is 0 Å². The summed E-state index contributed by atoms with van der Waals surface area (Å²) in [6.07, 6.45) is 1.26. The highest BCUT2D eigenvalue weighted by atomic mass is 32.2. The average Bonchev–Trinajstić information content (AvgIpc) is 3.03. The summed E-state index contributed by atoms with van der Waals surface area (Å²) >= 11 is 2.38. The van der Waals surface area contributed by atoms with Gasteiger partial charge in [0.15, 0.2) is 0 Å². The molecule has 11 heteroatoms. The van der Waals surface area contributed by atoms with Crippen molar-refractivity contribution in [1.29, 1.82) is 0 Å². The molecule has 0 spiro atoms. The molecule has 0 fully saturated rings. The largest absolute Gasteiger partial charge is 0.366 e. The van der Waals surface area contributed by atoms with Crippen LogP contribution >= 0.6 is 23.1 Å². The van der Waals surface area contributed by atoms with E-state index in [1.54, 1.807) is 24.4 Å². The van der Waals surface area contributed by atoms with Crippen molar-refractivity contribution in [3.63, 3.8) is 0 Å². The summed E-state index contributed by atoms with van der Waals surface area (Å²) in [5.41, 5.74) is 5.51. The highest BCUT2D eigenvalue weighted by molar-refractivity contribution is 8.00. The Morgan fingerprint density at radius 3 is 2.54 bits per heavy atom. The molecule has 0 aliphatic heterocycles. The van der Waals surface area contributed by atoms with Crippen LogP contribution in [-0.4, -0.2) is 48.9 Å². The predicted molar refractivity (Wildman–Crippen MR) is 102 cm³/mol. The van der Waals surface area contributed by atoms with Crippen LogP contribution in [-0.2, 0) is 14.8 Å². The van der Waals surface area contributed by atoms with Gasteiger partial charge in [-0.1, -0.05) is 11.8 Å². The van der Waals surface area contributed by atoms with E-state index in [1.807, 2.05) is 0 Å². The molecule has 0 saturated heterocycles. The first-order chi connectivity index (χ1) is 12.1. The minimum absolute atomic E-state index is 0.0774. The Hall–Kier alpha value is -1.95. The molecule has 0 radical (unpaired) electrons. The van der Waals surface area contributed by atoms with Crippen LogP contribution in [0.25, 0.3) is 0 Å². The summed E-state index contributed by atoms with van der Waals surface area (Å²) in [6.45, 7) is 1.68. The first-order valence-corrected chi connectivity index (χ1v) is 10.6. The summed E-state index contributed by atoms with van der Waals surface area (Å²) in [6, 6.07) is 4.54. The quantitative estimate of drug-likeness (QED) is 0.664. The summed E-state index contributed by atoms with van der Waals surface area (Å²) in [7, 11) is -0.666. The lowest BCUT2D eigenvalue weighted by Gasteiger charge is -2.13. The second-order valence-electron chi connectivity index (χ2n) is 5.40. The molecule has 2 rings (SSSR count). The molecular weight excluding hydrogens is 396 g/mol. The Morgan fingerprint density at radius 2 is 2.00 bits per heavy atom. The molecule has 0 aliphatic rings. The van der Waals surface area contributed by atoms with Gasteiger partial charge in [0.2, 0.25) is 15.9 Å². The number of hydrogen-bond donors (Lipinski definition) is 2. The molecule has 8 nitrogen and oxygen atoms in total. The van der Waals surface area contributed by atoms with Crippen molar-refractivity contribution in [1.82, 2.24) is 9.29 Å². The Labute approximate surface area is 159 Å². The normalized spacial score (nSPS) is 12.8. The molecule has 26 heavy (non-hydrogen) atoms. The van der Waals surface area contributed by atoms with Crippen LogP contribution in [0.1, 0.15) is 17.3 Å². The number of hydrogen-bond acceptors (Lipinski definition) is 7. The van der Waals surface area contributed by atoms with Crippen molar-refractivity contribution >= 4 is 49.9 Å². The summed E-state index contributed by atoms with van der Waals surface area (Å²) in [5, 5.41) is 4.73. The lowest BCUT2D eigenvalue weighted by molar-refractivity contribution is -0.115. The third-order valence-corrected chi connectivity index (χ3v) is 7.00. The number of rotatable bonds is 7. The minimum Gasteiger partial charge on any atom is -0.366 e. The van der Waals surface area contributed by atoms with Crippen molar-refractivity contribution in [2.24, 2.45) is 5.73 Å². The Balaban J connectivity index is 2.05. The van der Waals surface area contributed by atoms with E-state index in [0.717, 1.165) is 4.31 Å². The van der Waals surface area contributed by atoms with E-state index in [2.05, 4.69) is 10.3 Å². The van der Waals surface area contributed by atoms with Gasteiger partial charge in [-0.3, -0.25) is 9.59 Å². The number of primary amides is 1. The maximum absolute atomic E-state index is 12.3. The van der Waals surface area contributed by atoms with Gasteiger partial charge in [-0.2, -0.15) is 0 Å². The molecular formula is C15H18N4O4S3. The highest BCUT2D eigenvalue weighted by Gasteiger charge is 2.20. The van der Waals surface area contributed by atoms with Crippen molar-refractivity contribution in [2.45, 2.75) is 22.1 Å². The van der Waals surface area contributed by atoms with Crippen LogP contribution in [0.15, 0.2) is 39.7 Å². The molecule has 140 valence electrons. The fourth-order valence-electron chi connectivity index (χ4n) is 1.85. The average molecular weight is 415 g/mol. The van der Waals surface area contributed by atoms with E-state index >= 15 is 0 Å². The second-order valence-corrected chi connectivity index (χ2v) is 9.83. The monoisotopic (exact) mass is 414 g/mol. The number of carbonyl (C=O) groups excluding carboxylic acids is 2. The molecule has 0 bridgehead atoms. The summed E-state index contributed by atoms with van der Waals surface area (Å²) in [4.78, 5) is 27.8. The van der Waals surface area contributed by atoms with Crippen LogP contribution in [0.4, 0.5) is 5.00 Å². The van der Waals surface area contributed by atoms with Gasteiger partial charge in [0.05, 0.1) is 15.8 Å². The zero-order valence-electron chi connectivity index (χ0n) is 14.3. The zero-order valence-corrected chi connectivity index (χ0v) is 16.7. The Morgan fingerprint density at radius 1 is 1.31 bits per heavy atom. The first kappa shape index (κ1) is 20.4. The SMILES string of the molecule is C[C@H](Sc1ccc(S(=O)(=O)N(C)C)cn1)C(=O)Nc1sccc1C(N)=O. The maximum atomic E-state index is 12.3. The number of nitrogens with one attached hydrogen (secondary N) is 1. The molecule has 2 heterocycles. The van der Waals surface area contributed by atoms with E-state index in [4.69, 9.17) is 5.73 Å². The second kappa shape index (κ2) is 8.16. The Bertz CT molecular complexity index is 907. The van der Waals surface area contributed by atoms with Gasteiger partial charge in [-0.05, 0) is 30.5 Å². The molecule has 2 amide bonds. The maximum Gasteiger partial charge on any atom is 0.251 e. The number of carbonyl (C=O) groups is 2. The smallest absolute Gasteiger partial charge is 0.251 e.